The Balaban J connectivity index is 3.69. The fourth-order valence-electron chi connectivity index (χ4n) is 1.08. The summed E-state index contributed by atoms with van der Waals surface area (Å²) >= 11 is 0. The molecule has 0 rings (SSSR count). The highest BCUT2D eigenvalue weighted by atomic mass is 16.4. The lowest BCUT2D eigenvalue weighted by atomic mass is 9.75. The lowest BCUT2D eigenvalue weighted by Crippen LogP contribution is -2.44. The first-order valence-electron chi connectivity index (χ1n) is 4.17. The molecule has 0 aromatic heterocycles. The zero-order valence-electron chi connectivity index (χ0n) is 7.54. The summed E-state index contributed by atoms with van der Waals surface area (Å²) in [7, 11) is -1.24. The molecule has 3 N–H and O–H groups in total. The fourth-order valence-corrected chi connectivity index (χ4v) is 1.08. The van der Waals surface area contributed by atoms with Crippen LogP contribution in [0.4, 0.5) is 0 Å². The summed E-state index contributed by atoms with van der Waals surface area (Å²) in [5.74, 6) is 0.306. The molecule has 0 bridgehead atoms. The van der Waals surface area contributed by atoms with Gasteiger partial charge in [0.15, 0.2) is 0 Å². The van der Waals surface area contributed by atoms with Crippen molar-refractivity contribution in [2.45, 2.75) is 33.1 Å². The Hall–Kier alpha value is -0.0551. The van der Waals surface area contributed by atoms with E-state index in [0.717, 1.165) is 13.0 Å². The van der Waals surface area contributed by atoms with Crippen molar-refractivity contribution in [1.29, 1.82) is 0 Å². The Morgan fingerprint density at radius 3 is 2.18 bits per heavy atom. The van der Waals surface area contributed by atoms with Gasteiger partial charge in [0.25, 0.3) is 0 Å². The number of nitrogens with one attached hydrogen (secondary N) is 1. The fraction of sp³-hybridized carbons (Fsp3) is 1.00. The summed E-state index contributed by atoms with van der Waals surface area (Å²) in [5, 5.41) is 20.8. The van der Waals surface area contributed by atoms with E-state index in [2.05, 4.69) is 19.2 Å². The van der Waals surface area contributed by atoms with Gasteiger partial charge in [-0.3, -0.25) is 0 Å². The molecule has 0 aliphatic carbocycles. The van der Waals surface area contributed by atoms with Crippen LogP contribution in [0.5, 0.6) is 0 Å². The van der Waals surface area contributed by atoms with E-state index in [1.807, 2.05) is 6.92 Å². The Kier molecular flexibility index (Phi) is 5.55. The third-order valence-electron chi connectivity index (χ3n) is 1.55. The Labute approximate surface area is 69.0 Å². The molecular weight excluding hydrogens is 141 g/mol. The maximum absolute atomic E-state index is 8.89. The van der Waals surface area contributed by atoms with Gasteiger partial charge in [0.05, 0.1) is 0 Å². The van der Waals surface area contributed by atoms with Crippen LogP contribution < -0.4 is 5.32 Å². The number of hydrogen-bond donors (Lipinski definition) is 3. The molecular formula is C7H18BNO2. The van der Waals surface area contributed by atoms with E-state index in [1.165, 1.54) is 0 Å². The molecule has 0 aromatic rings. The molecule has 0 aliphatic rings. The van der Waals surface area contributed by atoms with Gasteiger partial charge in [0, 0.05) is 5.94 Å². The normalized spacial score (nSPS) is 13.6. The van der Waals surface area contributed by atoms with Crippen molar-refractivity contribution in [3.63, 3.8) is 0 Å². The van der Waals surface area contributed by atoms with E-state index in [0.29, 0.717) is 5.92 Å². The standard InChI is InChI=1S/C7H18BNO2/c1-4-9-7(8(10)11)5-6(2)3/h6-7,9-11H,4-5H2,1-3H3/t7-/m0/s1. The first-order valence-corrected chi connectivity index (χ1v) is 4.17. The van der Waals surface area contributed by atoms with Crippen LogP contribution in [0, 0.1) is 5.92 Å². The smallest absolute Gasteiger partial charge is 0.426 e. The van der Waals surface area contributed by atoms with Gasteiger partial charge < -0.3 is 15.4 Å². The second-order valence-electron chi connectivity index (χ2n) is 3.21. The van der Waals surface area contributed by atoms with Gasteiger partial charge in [-0.25, -0.2) is 0 Å². The first kappa shape index (κ1) is 10.9. The highest BCUT2D eigenvalue weighted by molar-refractivity contribution is 6.43. The SMILES string of the molecule is CCN[C@@H](CC(C)C)B(O)O. The zero-order valence-corrected chi connectivity index (χ0v) is 7.54. The maximum atomic E-state index is 8.89. The van der Waals surface area contributed by atoms with Gasteiger partial charge >= 0.3 is 7.12 Å². The van der Waals surface area contributed by atoms with Crippen molar-refractivity contribution in [2.75, 3.05) is 6.54 Å². The molecule has 1 atom stereocenters. The molecule has 0 saturated carbocycles. The minimum Gasteiger partial charge on any atom is -0.426 e. The Morgan fingerprint density at radius 2 is 1.91 bits per heavy atom. The molecule has 3 nitrogen and oxygen atoms in total. The molecule has 0 radical (unpaired) electrons. The van der Waals surface area contributed by atoms with Crippen LogP contribution in [0.15, 0.2) is 0 Å². The summed E-state index contributed by atoms with van der Waals surface area (Å²) in [6.07, 6.45) is 0.797. The zero-order chi connectivity index (χ0) is 8.85. The van der Waals surface area contributed by atoms with Gasteiger partial charge in [0.2, 0.25) is 0 Å². The van der Waals surface area contributed by atoms with Crippen molar-refractivity contribution < 1.29 is 10.0 Å². The minimum atomic E-state index is -1.24. The number of rotatable bonds is 5. The summed E-state index contributed by atoms with van der Waals surface area (Å²) < 4.78 is 0. The van der Waals surface area contributed by atoms with Crippen molar-refractivity contribution in [1.82, 2.24) is 5.32 Å². The van der Waals surface area contributed by atoms with E-state index < -0.39 is 7.12 Å². The van der Waals surface area contributed by atoms with Crippen LogP contribution in [0.2, 0.25) is 0 Å². The van der Waals surface area contributed by atoms with Crippen molar-refractivity contribution in [2.24, 2.45) is 5.92 Å². The lowest BCUT2D eigenvalue weighted by Gasteiger charge is -2.18. The summed E-state index contributed by atoms with van der Waals surface area (Å²) in [6.45, 7) is 6.85. The average molecular weight is 159 g/mol. The third kappa shape index (κ3) is 5.24. The van der Waals surface area contributed by atoms with Crippen LogP contribution in [0.3, 0.4) is 0 Å². The van der Waals surface area contributed by atoms with Gasteiger partial charge in [-0.15, -0.1) is 0 Å². The third-order valence-corrected chi connectivity index (χ3v) is 1.55. The highest BCUT2D eigenvalue weighted by Gasteiger charge is 2.22. The Morgan fingerprint density at radius 1 is 1.36 bits per heavy atom. The Bertz CT molecular complexity index is 98.4. The van der Waals surface area contributed by atoms with Gasteiger partial charge in [-0.05, 0) is 18.9 Å². The minimum absolute atomic E-state index is 0.181. The molecule has 0 saturated heterocycles. The average Bonchev–Trinajstić information content (AvgIpc) is 1.86. The van der Waals surface area contributed by atoms with E-state index in [-0.39, 0.29) is 5.94 Å². The van der Waals surface area contributed by atoms with Crippen molar-refractivity contribution in [3.05, 3.63) is 0 Å². The molecule has 66 valence electrons. The highest BCUT2D eigenvalue weighted by Crippen LogP contribution is 2.04. The van der Waals surface area contributed by atoms with Crippen molar-refractivity contribution in [3.8, 4) is 0 Å². The van der Waals surface area contributed by atoms with Crippen LogP contribution in [-0.2, 0) is 0 Å². The van der Waals surface area contributed by atoms with Crippen LogP contribution in [0.25, 0.3) is 0 Å². The van der Waals surface area contributed by atoms with E-state index >= 15 is 0 Å². The largest absolute Gasteiger partial charge is 0.469 e. The monoisotopic (exact) mass is 159 g/mol. The van der Waals surface area contributed by atoms with Gasteiger partial charge in [-0.1, -0.05) is 20.8 Å². The molecule has 11 heavy (non-hydrogen) atoms. The molecule has 4 heteroatoms. The molecule has 0 amide bonds. The lowest BCUT2D eigenvalue weighted by molar-refractivity contribution is 0.350. The van der Waals surface area contributed by atoms with E-state index in [9.17, 15) is 0 Å². The number of hydrogen-bond acceptors (Lipinski definition) is 3. The van der Waals surface area contributed by atoms with Crippen LogP contribution in [0.1, 0.15) is 27.2 Å². The predicted molar refractivity (Wildman–Crippen MR) is 47.1 cm³/mol. The van der Waals surface area contributed by atoms with E-state index in [1.54, 1.807) is 0 Å². The summed E-state index contributed by atoms with van der Waals surface area (Å²) in [6, 6.07) is 0. The quantitative estimate of drug-likeness (QED) is 0.495. The maximum Gasteiger partial charge on any atom is 0.469 e. The van der Waals surface area contributed by atoms with Crippen LogP contribution in [-0.4, -0.2) is 29.7 Å². The summed E-state index contributed by atoms with van der Waals surface area (Å²) in [5.41, 5.74) is 0. The molecule has 0 fully saturated rings. The molecule has 0 heterocycles. The second kappa shape index (κ2) is 5.58. The topological polar surface area (TPSA) is 52.5 Å². The van der Waals surface area contributed by atoms with Gasteiger partial charge in [-0.2, -0.15) is 0 Å². The van der Waals surface area contributed by atoms with Gasteiger partial charge in [0.1, 0.15) is 0 Å². The van der Waals surface area contributed by atoms with Crippen LogP contribution >= 0.6 is 0 Å². The second-order valence-corrected chi connectivity index (χ2v) is 3.21. The van der Waals surface area contributed by atoms with E-state index in [4.69, 9.17) is 10.0 Å². The predicted octanol–water partition coefficient (Wildman–Crippen LogP) is 0.0226. The first-order chi connectivity index (χ1) is 5.07. The van der Waals surface area contributed by atoms with Crippen molar-refractivity contribution >= 4 is 7.12 Å². The molecule has 0 aromatic carbocycles. The summed E-state index contributed by atoms with van der Waals surface area (Å²) in [4.78, 5) is 0. The molecule has 0 aliphatic heterocycles. The molecule has 0 unspecified atom stereocenters. The molecule has 0 spiro atoms.